The number of hydrogen-bond donors (Lipinski definition) is 0. The predicted molar refractivity (Wildman–Crippen MR) is 77.1 cm³/mol. The van der Waals surface area contributed by atoms with Crippen molar-refractivity contribution in [3.63, 3.8) is 0 Å². The zero-order chi connectivity index (χ0) is 14.5. The van der Waals surface area contributed by atoms with Gasteiger partial charge in [-0.15, -0.1) is 11.6 Å². The summed E-state index contributed by atoms with van der Waals surface area (Å²) in [6, 6.07) is 6.24. The van der Waals surface area contributed by atoms with Crippen LogP contribution < -0.4 is 0 Å². The van der Waals surface area contributed by atoms with Gasteiger partial charge in [0, 0.05) is 24.5 Å². The minimum Gasteiger partial charge on any atom is -0.334 e. The van der Waals surface area contributed by atoms with Crippen LogP contribution in [-0.4, -0.2) is 34.2 Å². The molecule has 1 aromatic carbocycles. The van der Waals surface area contributed by atoms with E-state index in [2.05, 4.69) is 0 Å². The largest absolute Gasteiger partial charge is 0.334 e. The fraction of sp³-hybridized carbons (Fsp3) is 0.500. The summed E-state index contributed by atoms with van der Waals surface area (Å²) in [5.41, 5.74) is 0.00425. The van der Waals surface area contributed by atoms with E-state index in [1.54, 1.807) is 17.0 Å². The molecule has 108 valence electrons. The number of benzene rings is 1. The average molecular weight is 297 g/mol. The van der Waals surface area contributed by atoms with E-state index in [9.17, 15) is 14.9 Å². The summed E-state index contributed by atoms with van der Waals surface area (Å²) in [4.78, 5) is 24.8. The van der Waals surface area contributed by atoms with E-state index in [0.29, 0.717) is 12.4 Å². The van der Waals surface area contributed by atoms with Gasteiger partial charge < -0.3 is 4.90 Å². The maximum atomic E-state index is 12.6. The number of nitro groups is 1. The highest BCUT2D eigenvalue weighted by atomic mass is 35.5. The zero-order valence-electron chi connectivity index (χ0n) is 11.1. The third-order valence-electron chi connectivity index (χ3n) is 3.68. The van der Waals surface area contributed by atoms with Gasteiger partial charge in [-0.2, -0.15) is 0 Å². The smallest absolute Gasteiger partial charge is 0.282 e. The van der Waals surface area contributed by atoms with Crippen LogP contribution in [0.4, 0.5) is 5.69 Å². The molecule has 0 saturated heterocycles. The molecule has 6 heteroatoms. The Kier molecular flexibility index (Phi) is 4.95. The van der Waals surface area contributed by atoms with Crippen LogP contribution in [0.25, 0.3) is 0 Å². The maximum Gasteiger partial charge on any atom is 0.282 e. The number of halogens is 1. The lowest BCUT2D eigenvalue weighted by molar-refractivity contribution is -0.385. The van der Waals surface area contributed by atoms with Crippen molar-refractivity contribution in [3.05, 3.63) is 39.9 Å². The fourth-order valence-corrected chi connectivity index (χ4v) is 2.91. The van der Waals surface area contributed by atoms with Gasteiger partial charge in [0.15, 0.2) is 0 Å². The van der Waals surface area contributed by atoms with E-state index >= 15 is 0 Å². The number of nitrogens with zero attached hydrogens (tertiary/aromatic N) is 2. The summed E-state index contributed by atoms with van der Waals surface area (Å²) < 4.78 is 0. The molecular weight excluding hydrogens is 280 g/mol. The molecule has 0 aliphatic heterocycles. The van der Waals surface area contributed by atoms with E-state index in [-0.39, 0.29) is 23.2 Å². The van der Waals surface area contributed by atoms with E-state index in [4.69, 9.17) is 11.6 Å². The first-order valence-corrected chi connectivity index (χ1v) is 7.29. The van der Waals surface area contributed by atoms with Gasteiger partial charge in [0.1, 0.15) is 5.56 Å². The number of alkyl halides is 1. The van der Waals surface area contributed by atoms with Crippen molar-refractivity contribution >= 4 is 23.2 Å². The molecule has 1 fully saturated rings. The van der Waals surface area contributed by atoms with E-state index in [1.165, 1.54) is 12.1 Å². The predicted octanol–water partition coefficient (Wildman–Crippen LogP) is 3.22. The molecule has 1 amide bonds. The van der Waals surface area contributed by atoms with Crippen LogP contribution in [0, 0.1) is 10.1 Å². The number of carbonyl (C=O) groups is 1. The van der Waals surface area contributed by atoms with Crippen molar-refractivity contribution < 1.29 is 9.72 Å². The van der Waals surface area contributed by atoms with Crippen molar-refractivity contribution in [2.45, 2.75) is 31.7 Å². The molecule has 2 rings (SSSR count). The molecular formula is C14H17ClN2O3. The van der Waals surface area contributed by atoms with Gasteiger partial charge in [0.25, 0.3) is 11.6 Å². The minimum atomic E-state index is -0.513. The summed E-state index contributed by atoms with van der Waals surface area (Å²) in [7, 11) is 0. The standard InChI is InChI=1S/C14H17ClN2O3/c15-9-10-16(11-5-1-2-6-11)14(18)12-7-3-4-8-13(12)17(19)20/h3-4,7-8,11H,1-2,5-6,9-10H2. The van der Waals surface area contributed by atoms with Crippen molar-refractivity contribution in [1.29, 1.82) is 0 Å². The maximum absolute atomic E-state index is 12.6. The third-order valence-corrected chi connectivity index (χ3v) is 3.85. The van der Waals surface area contributed by atoms with E-state index in [0.717, 1.165) is 25.7 Å². The lowest BCUT2D eigenvalue weighted by Gasteiger charge is -2.28. The molecule has 5 nitrogen and oxygen atoms in total. The van der Waals surface area contributed by atoms with Crippen molar-refractivity contribution in [3.8, 4) is 0 Å². The van der Waals surface area contributed by atoms with Crippen LogP contribution in [-0.2, 0) is 0 Å². The van der Waals surface area contributed by atoms with E-state index in [1.807, 2.05) is 0 Å². The van der Waals surface area contributed by atoms with Crippen LogP contribution in [0.15, 0.2) is 24.3 Å². The summed E-state index contributed by atoms with van der Waals surface area (Å²) in [6.07, 6.45) is 4.08. The third kappa shape index (κ3) is 3.10. The molecule has 0 N–H and O–H groups in total. The molecule has 0 unspecified atom stereocenters. The quantitative estimate of drug-likeness (QED) is 0.476. The van der Waals surface area contributed by atoms with Crippen LogP contribution in [0.1, 0.15) is 36.0 Å². The summed E-state index contributed by atoms with van der Waals surface area (Å²) in [6.45, 7) is 0.428. The number of carbonyl (C=O) groups excluding carboxylic acids is 1. The number of para-hydroxylation sites is 1. The van der Waals surface area contributed by atoms with Crippen molar-refractivity contribution in [1.82, 2.24) is 4.90 Å². The SMILES string of the molecule is O=C(c1ccccc1[N+](=O)[O-])N(CCCl)C1CCCC1. The Bertz CT molecular complexity index is 501. The number of amides is 1. The second-order valence-electron chi connectivity index (χ2n) is 4.90. The second-order valence-corrected chi connectivity index (χ2v) is 5.28. The summed E-state index contributed by atoms with van der Waals surface area (Å²) in [5.74, 6) is 0.0490. The Morgan fingerprint density at radius 3 is 2.60 bits per heavy atom. The zero-order valence-corrected chi connectivity index (χ0v) is 11.9. The molecule has 1 aliphatic carbocycles. The lowest BCUT2D eigenvalue weighted by atomic mass is 10.1. The van der Waals surface area contributed by atoms with Crippen LogP contribution in [0.2, 0.25) is 0 Å². The minimum absolute atomic E-state index is 0.143. The number of nitro benzene ring substituents is 1. The first-order chi connectivity index (χ1) is 9.65. The summed E-state index contributed by atoms with van der Waals surface area (Å²) >= 11 is 5.78. The Balaban J connectivity index is 2.29. The highest BCUT2D eigenvalue weighted by Crippen LogP contribution is 2.27. The first kappa shape index (κ1) is 14.8. The van der Waals surface area contributed by atoms with Crippen molar-refractivity contribution in [2.24, 2.45) is 0 Å². The Morgan fingerprint density at radius 2 is 2.00 bits per heavy atom. The van der Waals surface area contributed by atoms with Gasteiger partial charge in [0.05, 0.1) is 4.92 Å². The van der Waals surface area contributed by atoms with E-state index < -0.39 is 4.92 Å². The number of hydrogen-bond acceptors (Lipinski definition) is 3. The highest BCUT2D eigenvalue weighted by molar-refractivity contribution is 6.18. The molecule has 0 spiro atoms. The Hall–Kier alpha value is -1.62. The molecule has 0 aromatic heterocycles. The highest BCUT2D eigenvalue weighted by Gasteiger charge is 2.30. The molecule has 20 heavy (non-hydrogen) atoms. The molecule has 0 radical (unpaired) electrons. The molecule has 0 heterocycles. The van der Waals surface area contributed by atoms with Crippen molar-refractivity contribution in [2.75, 3.05) is 12.4 Å². The van der Waals surface area contributed by atoms with Gasteiger partial charge in [-0.25, -0.2) is 0 Å². The van der Waals surface area contributed by atoms with Gasteiger partial charge in [-0.3, -0.25) is 14.9 Å². The van der Waals surface area contributed by atoms with Crippen LogP contribution in [0.5, 0.6) is 0 Å². The Labute approximate surface area is 122 Å². The molecule has 0 bridgehead atoms. The van der Waals surface area contributed by atoms with Gasteiger partial charge in [-0.1, -0.05) is 25.0 Å². The molecule has 0 atom stereocenters. The number of rotatable bonds is 5. The monoisotopic (exact) mass is 296 g/mol. The summed E-state index contributed by atoms with van der Waals surface area (Å²) in [5, 5.41) is 11.0. The first-order valence-electron chi connectivity index (χ1n) is 6.75. The van der Waals surface area contributed by atoms with Crippen LogP contribution in [0.3, 0.4) is 0 Å². The molecule has 1 aliphatic rings. The van der Waals surface area contributed by atoms with Crippen LogP contribution >= 0.6 is 11.6 Å². The second kappa shape index (κ2) is 6.70. The lowest BCUT2D eigenvalue weighted by Crippen LogP contribution is -2.40. The Morgan fingerprint density at radius 1 is 1.35 bits per heavy atom. The van der Waals surface area contributed by atoms with Gasteiger partial charge in [0.2, 0.25) is 0 Å². The average Bonchev–Trinajstić information content (AvgIpc) is 2.98. The topological polar surface area (TPSA) is 63.4 Å². The van der Waals surface area contributed by atoms with Gasteiger partial charge in [-0.05, 0) is 18.9 Å². The van der Waals surface area contributed by atoms with Gasteiger partial charge >= 0.3 is 0 Å². The normalized spacial score (nSPS) is 15.2. The fourth-order valence-electron chi connectivity index (χ4n) is 2.73. The molecule has 1 saturated carbocycles. The molecule has 1 aromatic rings.